The van der Waals surface area contributed by atoms with Crippen molar-refractivity contribution in [3.8, 4) is 5.75 Å². The summed E-state index contributed by atoms with van der Waals surface area (Å²) in [5, 5.41) is 19.5. The molecule has 1 aliphatic rings. The van der Waals surface area contributed by atoms with E-state index < -0.39 is 0 Å². The van der Waals surface area contributed by atoms with Crippen LogP contribution in [0.25, 0.3) is 0 Å². The van der Waals surface area contributed by atoms with Gasteiger partial charge < -0.3 is 10.2 Å². The number of phenols is 1. The zero-order valence-electron chi connectivity index (χ0n) is 10.8. The predicted octanol–water partition coefficient (Wildman–Crippen LogP) is 2.93. The van der Waals surface area contributed by atoms with Crippen molar-refractivity contribution in [3.05, 3.63) is 28.8 Å². The normalized spacial score (nSPS) is 16.4. The van der Waals surface area contributed by atoms with E-state index in [4.69, 9.17) is 0 Å². The second-order valence-electron chi connectivity index (χ2n) is 5.74. The van der Waals surface area contributed by atoms with Crippen molar-refractivity contribution in [2.45, 2.75) is 51.4 Å². The van der Waals surface area contributed by atoms with Gasteiger partial charge >= 0.3 is 0 Å². The van der Waals surface area contributed by atoms with Crippen molar-refractivity contribution in [1.29, 1.82) is 0 Å². The van der Waals surface area contributed by atoms with Gasteiger partial charge in [0.15, 0.2) is 0 Å². The molecule has 94 valence electrons. The van der Waals surface area contributed by atoms with E-state index in [0.29, 0.717) is 5.75 Å². The van der Waals surface area contributed by atoms with Crippen LogP contribution in [0.4, 0.5) is 0 Å². The Kier molecular flexibility index (Phi) is 3.43. The van der Waals surface area contributed by atoms with Gasteiger partial charge in [-0.25, -0.2) is 0 Å². The van der Waals surface area contributed by atoms with E-state index in [1.807, 2.05) is 19.9 Å². The van der Waals surface area contributed by atoms with Gasteiger partial charge in [-0.15, -0.1) is 0 Å². The van der Waals surface area contributed by atoms with Gasteiger partial charge in [0.25, 0.3) is 0 Å². The van der Waals surface area contributed by atoms with E-state index in [-0.39, 0.29) is 12.0 Å². The smallest absolute Gasteiger partial charge is 0.119 e. The fourth-order valence-corrected chi connectivity index (χ4v) is 2.58. The highest BCUT2D eigenvalue weighted by Crippen LogP contribution is 2.35. The number of benzene rings is 1. The maximum Gasteiger partial charge on any atom is 0.119 e. The number of aliphatic hydroxyl groups excluding tert-OH is 1. The number of aryl methyl sites for hydroxylation is 2. The Hall–Kier alpha value is -1.02. The summed E-state index contributed by atoms with van der Waals surface area (Å²) in [6.45, 7) is 3.98. The minimum absolute atomic E-state index is 0.0549. The minimum Gasteiger partial charge on any atom is -0.508 e. The molecule has 0 heterocycles. The second kappa shape index (κ2) is 4.69. The molecule has 1 aromatic carbocycles. The van der Waals surface area contributed by atoms with Crippen LogP contribution in [0, 0.1) is 0 Å². The highest BCUT2D eigenvalue weighted by atomic mass is 16.3. The van der Waals surface area contributed by atoms with E-state index in [9.17, 15) is 10.2 Å². The highest BCUT2D eigenvalue weighted by Gasteiger charge is 2.24. The van der Waals surface area contributed by atoms with Gasteiger partial charge in [-0.3, -0.25) is 0 Å². The SMILES string of the molecule is CC(C)(CO)c1cc2c(cc1O)CCCCC2. The van der Waals surface area contributed by atoms with Crippen LogP contribution < -0.4 is 0 Å². The van der Waals surface area contributed by atoms with Gasteiger partial charge in [-0.2, -0.15) is 0 Å². The first-order valence-electron chi connectivity index (χ1n) is 6.51. The second-order valence-corrected chi connectivity index (χ2v) is 5.74. The maximum atomic E-state index is 10.1. The number of aromatic hydroxyl groups is 1. The van der Waals surface area contributed by atoms with Gasteiger partial charge in [0.2, 0.25) is 0 Å². The molecular formula is C15H22O2. The number of aliphatic hydroxyl groups is 1. The van der Waals surface area contributed by atoms with Gasteiger partial charge in [0.1, 0.15) is 5.75 Å². The first-order valence-corrected chi connectivity index (χ1v) is 6.51. The molecule has 0 aliphatic heterocycles. The predicted molar refractivity (Wildman–Crippen MR) is 69.5 cm³/mol. The van der Waals surface area contributed by atoms with E-state index in [1.54, 1.807) is 0 Å². The molecule has 0 amide bonds. The molecule has 1 aromatic rings. The summed E-state index contributed by atoms with van der Waals surface area (Å²) in [6, 6.07) is 4.01. The molecule has 0 atom stereocenters. The number of hydrogen-bond acceptors (Lipinski definition) is 2. The molecule has 2 rings (SSSR count). The summed E-state index contributed by atoms with van der Waals surface area (Å²) in [5.41, 5.74) is 3.15. The zero-order chi connectivity index (χ0) is 12.5. The van der Waals surface area contributed by atoms with Crippen LogP contribution in [-0.2, 0) is 18.3 Å². The largest absolute Gasteiger partial charge is 0.508 e. The number of rotatable bonds is 2. The minimum atomic E-state index is -0.370. The third-order valence-corrected chi connectivity index (χ3v) is 3.83. The Bertz CT molecular complexity index is 408. The van der Waals surface area contributed by atoms with Gasteiger partial charge in [-0.05, 0) is 42.9 Å². The quantitative estimate of drug-likeness (QED) is 0.772. The van der Waals surface area contributed by atoms with Crippen LogP contribution in [0.3, 0.4) is 0 Å². The van der Waals surface area contributed by atoms with Crippen molar-refractivity contribution < 1.29 is 10.2 Å². The molecule has 1 aliphatic carbocycles. The Morgan fingerprint density at radius 1 is 1.06 bits per heavy atom. The summed E-state index contributed by atoms with van der Waals surface area (Å²) in [4.78, 5) is 0. The third-order valence-electron chi connectivity index (χ3n) is 3.83. The molecule has 0 unspecified atom stereocenters. The van der Waals surface area contributed by atoms with E-state index in [0.717, 1.165) is 18.4 Å². The highest BCUT2D eigenvalue weighted by molar-refractivity contribution is 5.46. The van der Waals surface area contributed by atoms with E-state index in [1.165, 1.54) is 30.4 Å². The van der Waals surface area contributed by atoms with Gasteiger partial charge in [-0.1, -0.05) is 26.3 Å². The molecule has 0 radical (unpaired) electrons. The Morgan fingerprint density at radius 3 is 2.24 bits per heavy atom. The van der Waals surface area contributed by atoms with Gasteiger partial charge in [0, 0.05) is 11.0 Å². The van der Waals surface area contributed by atoms with Crippen molar-refractivity contribution in [3.63, 3.8) is 0 Å². The van der Waals surface area contributed by atoms with E-state index in [2.05, 4.69) is 6.07 Å². The molecule has 0 saturated heterocycles. The lowest BCUT2D eigenvalue weighted by Crippen LogP contribution is -2.22. The molecular weight excluding hydrogens is 212 g/mol. The molecule has 0 fully saturated rings. The topological polar surface area (TPSA) is 40.5 Å². The lowest BCUT2D eigenvalue weighted by atomic mass is 9.82. The molecule has 0 saturated carbocycles. The van der Waals surface area contributed by atoms with Crippen LogP contribution in [0.1, 0.15) is 49.8 Å². The summed E-state index contributed by atoms with van der Waals surface area (Å²) >= 11 is 0. The number of hydrogen-bond donors (Lipinski definition) is 2. The molecule has 0 spiro atoms. The first kappa shape index (κ1) is 12.4. The van der Waals surface area contributed by atoms with Gasteiger partial charge in [0.05, 0.1) is 6.61 Å². The monoisotopic (exact) mass is 234 g/mol. The van der Waals surface area contributed by atoms with Crippen LogP contribution in [0.15, 0.2) is 12.1 Å². The molecule has 2 heteroatoms. The Labute approximate surface area is 103 Å². The average Bonchev–Trinajstić information content (AvgIpc) is 2.52. The van der Waals surface area contributed by atoms with Crippen molar-refractivity contribution in [1.82, 2.24) is 0 Å². The number of fused-ring (bicyclic) bond motifs is 1. The van der Waals surface area contributed by atoms with Crippen LogP contribution in [-0.4, -0.2) is 16.8 Å². The Balaban J connectivity index is 2.46. The maximum absolute atomic E-state index is 10.1. The van der Waals surface area contributed by atoms with Crippen LogP contribution in [0.2, 0.25) is 0 Å². The Morgan fingerprint density at radius 2 is 1.65 bits per heavy atom. The molecule has 17 heavy (non-hydrogen) atoms. The standard InChI is InChI=1S/C15H22O2/c1-15(2,10-16)13-8-11-6-4-3-5-7-12(11)9-14(13)17/h8-9,16-17H,3-7,10H2,1-2H3. The first-order chi connectivity index (χ1) is 8.04. The lowest BCUT2D eigenvalue weighted by molar-refractivity contribution is 0.215. The molecule has 2 N–H and O–H groups in total. The van der Waals surface area contributed by atoms with Crippen LogP contribution >= 0.6 is 0 Å². The molecule has 2 nitrogen and oxygen atoms in total. The summed E-state index contributed by atoms with van der Waals surface area (Å²) in [6.07, 6.45) is 5.90. The summed E-state index contributed by atoms with van der Waals surface area (Å²) in [5.74, 6) is 0.338. The van der Waals surface area contributed by atoms with Crippen molar-refractivity contribution >= 4 is 0 Å². The third kappa shape index (κ3) is 2.47. The number of phenolic OH excluding ortho intramolecular Hbond substituents is 1. The van der Waals surface area contributed by atoms with Crippen molar-refractivity contribution in [2.75, 3.05) is 6.61 Å². The fourth-order valence-electron chi connectivity index (χ4n) is 2.58. The average molecular weight is 234 g/mol. The van der Waals surface area contributed by atoms with Crippen molar-refractivity contribution in [2.24, 2.45) is 0 Å². The fraction of sp³-hybridized carbons (Fsp3) is 0.600. The summed E-state index contributed by atoms with van der Waals surface area (Å²) < 4.78 is 0. The lowest BCUT2D eigenvalue weighted by Gasteiger charge is -2.25. The summed E-state index contributed by atoms with van der Waals surface area (Å²) in [7, 11) is 0. The molecule has 0 bridgehead atoms. The van der Waals surface area contributed by atoms with E-state index >= 15 is 0 Å². The molecule has 0 aromatic heterocycles. The van der Waals surface area contributed by atoms with Crippen LogP contribution in [0.5, 0.6) is 5.75 Å². The zero-order valence-corrected chi connectivity index (χ0v) is 10.8.